The summed E-state index contributed by atoms with van der Waals surface area (Å²) in [6.07, 6.45) is 2.48. The van der Waals surface area contributed by atoms with E-state index in [4.69, 9.17) is 11.6 Å². The Bertz CT molecular complexity index is 365. The molecule has 17 heavy (non-hydrogen) atoms. The Morgan fingerprint density at radius 1 is 1.53 bits per heavy atom. The predicted molar refractivity (Wildman–Crippen MR) is 70.0 cm³/mol. The summed E-state index contributed by atoms with van der Waals surface area (Å²) < 4.78 is 0. The van der Waals surface area contributed by atoms with Crippen LogP contribution < -0.4 is 5.32 Å². The summed E-state index contributed by atoms with van der Waals surface area (Å²) in [4.78, 5) is 16.1. The molecule has 1 heterocycles. The lowest BCUT2D eigenvalue weighted by atomic mass is 9.94. The Balaban J connectivity index is 2.51. The molecule has 0 spiro atoms. The van der Waals surface area contributed by atoms with Gasteiger partial charge in [0, 0.05) is 30.2 Å². The van der Waals surface area contributed by atoms with Gasteiger partial charge in [0.05, 0.1) is 5.41 Å². The Morgan fingerprint density at radius 3 is 2.76 bits per heavy atom. The molecule has 1 N–H and O–H groups in total. The fourth-order valence-electron chi connectivity index (χ4n) is 1.36. The van der Waals surface area contributed by atoms with Gasteiger partial charge in [-0.15, -0.1) is 11.6 Å². The standard InChI is InChI=1S/C13H19ClN2O/c1-10(8-11-6-4-5-7-15-11)16-12(17)13(2,3)9-14/h4-7,10H,8-9H2,1-3H3,(H,16,17). The Labute approximate surface area is 108 Å². The van der Waals surface area contributed by atoms with Crippen molar-refractivity contribution in [1.29, 1.82) is 0 Å². The third-order valence-corrected chi connectivity index (χ3v) is 3.24. The highest BCUT2D eigenvalue weighted by Crippen LogP contribution is 2.17. The third kappa shape index (κ3) is 4.35. The summed E-state index contributed by atoms with van der Waals surface area (Å²) in [6.45, 7) is 5.64. The van der Waals surface area contributed by atoms with Gasteiger partial charge in [0.15, 0.2) is 0 Å². The molecule has 1 aromatic heterocycles. The van der Waals surface area contributed by atoms with E-state index in [1.807, 2.05) is 39.0 Å². The van der Waals surface area contributed by atoms with Gasteiger partial charge in [-0.1, -0.05) is 6.07 Å². The lowest BCUT2D eigenvalue weighted by molar-refractivity contribution is -0.128. The van der Waals surface area contributed by atoms with E-state index < -0.39 is 5.41 Å². The molecule has 0 fully saturated rings. The average molecular weight is 255 g/mol. The number of nitrogens with one attached hydrogen (secondary N) is 1. The number of amides is 1. The second-order valence-corrected chi connectivity index (χ2v) is 5.18. The topological polar surface area (TPSA) is 42.0 Å². The van der Waals surface area contributed by atoms with Gasteiger partial charge >= 0.3 is 0 Å². The quantitative estimate of drug-likeness (QED) is 0.820. The van der Waals surface area contributed by atoms with Gasteiger partial charge in [0.2, 0.25) is 5.91 Å². The summed E-state index contributed by atoms with van der Waals surface area (Å²) in [5.74, 6) is 0.297. The van der Waals surface area contributed by atoms with Crippen LogP contribution in [-0.2, 0) is 11.2 Å². The molecule has 0 saturated heterocycles. The minimum absolute atomic E-state index is 0.0177. The number of pyridine rings is 1. The lowest BCUT2D eigenvalue weighted by Crippen LogP contribution is -2.43. The molecule has 4 heteroatoms. The largest absolute Gasteiger partial charge is 0.353 e. The molecule has 0 bridgehead atoms. The first-order valence-corrected chi connectivity index (χ1v) is 6.26. The first-order valence-electron chi connectivity index (χ1n) is 5.72. The maximum Gasteiger partial charge on any atom is 0.227 e. The molecule has 0 aliphatic carbocycles. The minimum atomic E-state index is -0.528. The van der Waals surface area contributed by atoms with Gasteiger partial charge < -0.3 is 5.32 Å². The number of hydrogen-bond acceptors (Lipinski definition) is 2. The molecule has 1 unspecified atom stereocenters. The maximum absolute atomic E-state index is 11.9. The van der Waals surface area contributed by atoms with Crippen molar-refractivity contribution in [2.24, 2.45) is 5.41 Å². The van der Waals surface area contributed by atoms with Crippen LogP contribution in [0.15, 0.2) is 24.4 Å². The molecule has 94 valence electrons. The SMILES string of the molecule is CC(Cc1ccccn1)NC(=O)C(C)(C)CCl. The molecule has 1 amide bonds. The molecular weight excluding hydrogens is 236 g/mol. The molecule has 0 radical (unpaired) electrons. The second-order valence-electron chi connectivity index (χ2n) is 4.92. The zero-order valence-electron chi connectivity index (χ0n) is 10.5. The molecule has 1 rings (SSSR count). The molecule has 0 aliphatic heterocycles. The number of carbonyl (C=O) groups excluding carboxylic acids is 1. The number of aromatic nitrogens is 1. The van der Waals surface area contributed by atoms with Crippen molar-refractivity contribution in [3.8, 4) is 0 Å². The first-order chi connectivity index (χ1) is 7.95. The number of hydrogen-bond donors (Lipinski definition) is 1. The Hall–Kier alpha value is -1.09. The molecule has 1 aromatic rings. The van der Waals surface area contributed by atoms with E-state index in [0.717, 1.165) is 12.1 Å². The monoisotopic (exact) mass is 254 g/mol. The third-order valence-electron chi connectivity index (χ3n) is 2.57. The van der Waals surface area contributed by atoms with Gasteiger partial charge in [-0.05, 0) is 32.9 Å². The molecule has 0 saturated carbocycles. The predicted octanol–water partition coefficient (Wildman–Crippen LogP) is 2.39. The van der Waals surface area contributed by atoms with Crippen molar-refractivity contribution in [2.45, 2.75) is 33.2 Å². The first kappa shape index (κ1) is 14.0. The summed E-state index contributed by atoms with van der Waals surface area (Å²) in [5, 5.41) is 2.96. The van der Waals surface area contributed by atoms with Gasteiger partial charge in [0.1, 0.15) is 0 Å². The van der Waals surface area contributed by atoms with Crippen molar-refractivity contribution in [1.82, 2.24) is 10.3 Å². The van der Waals surface area contributed by atoms with Crippen LogP contribution in [0, 0.1) is 5.41 Å². The Kier molecular flexibility index (Phi) is 4.94. The highest BCUT2D eigenvalue weighted by atomic mass is 35.5. The minimum Gasteiger partial charge on any atom is -0.353 e. The highest BCUT2D eigenvalue weighted by molar-refractivity contribution is 6.19. The number of rotatable bonds is 5. The van der Waals surface area contributed by atoms with Crippen LogP contribution >= 0.6 is 11.6 Å². The summed E-state index contributed by atoms with van der Waals surface area (Å²) in [5.41, 5.74) is 0.448. The summed E-state index contributed by atoms with van der Waals surface area (Å²) >= 11 is 5.76. The number of carbonyl (C=O) groups is 1. The van der Waals surface area contributed by atoms with Crippen LogP contribution in [0.5, 0.6) is 0 Å². The van der Waals surface area contributed by atoms with Gasteiger partial charge in [-0.3, -0.25) is 9.78 Å². The fourth-order valence-corrected chi connectivity index (χ4v) is 1.48. The van der Waals surface area contributed by atoms with E-state index in [0.29, 0.717) is 5.88 Å². The van der Waals surface area contributed by atoms with Crippen LogP contribution in [-0.4, -0.2) is 22.8 Å². The van der Waals surface area contributed by atoms with E-state index in [9.17, 15) is 4.79 Å². The second kappa shape index (κ2) is 6.01. The van der Waals surface area contributed by atoms with E-state index in [-0.39, 0.29) is 11.9 Å². The van der Waals surface area contributed by atoms with Crippen LogP contribution in [0.4, 0.5) is 0 Å². The normalized spacial score (nSPS) is 13.2. The average Bonchev–Trinajstić information content (AvgIpc) is 2.30. The molecule has 1 atom stereocenters. The maximum atomic E-state index is 11.9. The molecule has 0 aliphatic rings. The van der Waals surface area contributed by atoms with Crippen molar-refractivity contribution >= 4 is 17.5 Å². The smallest absolute Gasteiger partial charge is 0.227 e. The zero-order valence-corrected chi connectivity index (χ0v) is 11.3. The Morgan fingerprint density at radius 2 is 2.24 bits per heavy atom. The van der Waals surface area contributed by atoms with E-state index in [1.54, 1.807) is 6.20 Å². The van der Waals surface area contributed by atoms with Crippen molar-refractivity contribution in [3.05, 3.63) is 30.1 Å². The van der Waals surface area contributed by atoms with E-state index in [1.165, 1.54) is 0 Å². The van der Waals surface area contributed by atoms with Crippen molar-refractivity contribution < 1.29 is 4.79 Å². The van der Waals surface area contributed by atoms with E-state index >= 15 is 0 Å². The molecular formula is C13H19ClN2O. The fraction of sp³-hybridized carbons (Fsp3) is 0.538. The van der Waals surface area contributed by atoms with E-state index in [2.05, 4.69) is 10.3 Å². The van der Waals surface area contributed by atoms with Gasteiger partial charge in [-0.2, -0.15) is 0 Å². The van der Waals surface area contributed by atoms with Gasteiger partial charge in [-0.25, -0.2) is 0 Å². The summed E-state index contributed by atoms with van der Waals surface area (Å²) in [7, 11) is 0. The van der Waals surface area contributed by atoms with Crippen molar-refractivity contribution in [3.63, 3.8) is 0 Å². The molecule has 0 aromatic carbocycles. The lowest BCUT2D eigenvalue weighted by Gasteiger charge is -2.23. The van der Waals surface area contributed by atoms with Crippen LogP contribution in [0.1, 0.15) is 26.5 Å². The number of alkyl halides is 1. The van der Waals surface area contributed by atoms with Crippen molar-refractivity contribution in [2.75, 3.05) is 5.88 Å². The van der Waals surface area contributed by atoms with Gasteiger partial charge in [0.25, 0.3) is 0 Å². The van der Waals surface area contributed by atoms with Crippen LogP contribution in [0.25, 0.3) is 0 Å². The summed E-state index contributed by atoms with van der Waals surface area (Å²) in [6, 6.07) is 5.83. The highest BCUT2D eigenvalue weighted by Gasteiger charge is 2.27. The van der Waals surface area contributed by atoms with Crippen LogP contribution in [0.3, 0.4) is 0 Å². The zero-order chi connectivity index (χ0) is 12.9. The number of halogens is 1. The van der Waals surface area contributed by atoms with Crippen LogP contribution in [0.2, 0.25) is 0 Å². The number of nitrogens with zero attached hydrogens (tertiary/aromatic N) is 1. The molecule has 3 nitrogen and oxygen atoms in total.